The van der Waals surface area contributed by atoms with Gasteiger partial charge in [-0.25, -0.2) is 9.97 Å². The third kappa shape index (κ3) is 9.43. The first kappa shape index (κ1) is 35.4. The van der Waals surface area contributed by atoms with Gasteiger partial charge in [0.2, 0.25) is 0 Å². The van der Waals surface area contributed by atoms with Gasteiger partial charge in [-0.1, -0.05) is 64.4 Å². The van der Waals surface area contributed by atoms with E-state index >= 15 is 0 Å². The molecule has 1 aromatic carbocycles. The fraction of sp³-hybridized carbons (Fsp3) is 0.658. The van der Waals surface area contributed by atoms with Gasteiger partial charge in [-0.15, -0.1) is 10.2 Å². The van der Waals surface area contributed by atoms with Crippen LogP contribution in [0.1, 0.15) is 100 Å². The monoisotopic (exact) mass is 671 g/mol. The van der Waals surface area contributed by atoms with E-state index in [4.69, 9.17) is 4.74 Å². The van der Waals surface area contributed by atoms with Crippen LogP contribution in [-0.4, -0.2) is 76.1 Å². The summed E-state index contributed by atoms with van der Waals surface area (Å²) in [7, 11) is 0. The molecule has 4 N–H and O–H groups in total. The predicted octanol–water partition coefficient (Wildman–Crippen LogP) is 5.60. The maximum Gasteiger partial charge on any atom is 0.251 e. The number of ether oxygens (including phenoxy) is 1. The van der Waals surface area contributed by atoms with Gasteiger partial charge in [0, 0.05) is 43.6 Å². The molecule has 266 valence electrons. The number of carbonyl (C=O) groups excluding carboxylic acids is 1. The van der Waals surface area contributed by atoms with Crippen LogP contribution in [0.15, 0.2) is 42.9 Å². The van der Waals surface area contributed by atoms with Crippen molar-refractivity contribution in [3.63, 3.8) is 0 Å². The zero-order chi connectivity index (χ0) is 33.7. The second-order valence-corrected chi connectivity index (χ2v) is 14.4. The number of anilines is 1. The molecule has 2 aliphatic heterocycles. The Morgan fingerprint density at radius 3 is 2.61 bits per heavy atom. The van der Waals surface area contributed by atoms with Crippen LogP contribution in [0.3, 0.4) is 0 Å². The van der Waals surface area contributed by atoms with Crippen molar-refractivity contribution in [3.05, 3.63) is 54.2 Å². The van der Waals surface area contributed by atoms with Crippen LogP contribution in [0.4, 0.5) is 5.69 Å². The number of aromatic nitrogens is 5. The van der Waals surface area contributed by atoms with Crippen molar-refractivity contribution >= 4 is 11.6 Å². The molecule has 3 aromatic rings. The van der Waals surface area contributed by atoms with Crippen molar-refractivity contribution in [2.24, 2.45) is 17.3 Å². The standard InChI is InChI=1S/C38H57N9O2/c1-2-29-23-41-27-38(16-8-6-4-3-5-7-9-17-38)33(29)25-43-37(48)30-12-10-13-31(22-30)42-26-35-45-46-36(34-15-19-40-28-44-34)47(35)20-21-49-32-14-11-18-39-24-32/h10,12-13,15,19,22,28-29,32-33,39,41-42H,2-9,11,14,16-18,20-21,23-27H2,1H3,(H,43,48). The number of amides is 1. The van der Waals surface area contributed by atoms with E-state index < -0.39 is 0 Å². The molecule has 6 rings (SSSR count). The minimum Gasteiger partial charge on any atom is -0.378 e. The highest BCUT2D eigenvalue weighted by molar-refractivity contribution is 5.95. The molecule has 2 saturated heterocycles. The average molecular weight is 672 g/mol. The Hall–Kier alpha value is -3.41. The minimum atomic E-state index is -0.00406. The van der Waals surface area contributed by atoms with E-state index in [9.17, 15) is 4.79 Å². The van der Waals surface area contributed by atoms with E-state index in [1.807, 2.05) is 30.3 Å². The molecule has 11 nitrogen and oxygen atoms in total. The van der Waals surface area contributed by atoms with Gasteiger partial charge in [0.25, 0.3) is 5.91 Å². The lowest BCUT2D eigenvalue weighted by Gasteiger charge is -2.49. The maximum atomic E-state index is 13.7. The third-order valence-electron chi connectivity index (χ3n) is 11.2. The Morgan fingerprint density at radius 1 is 1.02 bits per heavy atom. The number of piperidine rings is 2. The topological polar surface area (TPSA) is 131 Å². The summed E-state index contributed by atoms with van der Waals surface area (Å²) in [5, 5.41) is 23.1. The third-order valence-corrected chi connectivity index (χ3v) is 11.2. The molecule has 3 aliphatic rings. The summed E-state index contributed by atoms with van der Waals surface area (Å²) >= 11 is 0. The van der Waals surface area contributed by atoms with Gasteiger partial charge < -0.3 is 30.6 Å². The van der Waals surface area contributed by atoms with Crippen molar-refractivity contribution in [2.75, 3.05) is 44.6 Å². The first-order chi connectivity index (χ1) is 24.1. The average Bonchev–Trinajstić information content (AvgIpc) is 3.56. The van der Waals surface area contributed by atoms with E-state index in [2.05, 4.69) is 52.9 Å². The van der Waals surface area contributed by atoms with E-state index in [1.54, 1.807) is 6.20 Å². The molecule has 4 heterocycles. The number of carbonyl (C=O) groups is 1. The highest BCUT2D eigenvalue weighted by Crippen LogP contribution is 2.45. The number of nitrogens with one attached hydrogen (secondary N) is 4. The predicted molar refractivity (Wildman–Crippen MR) is 193 cm³/mol. The van der Waals surface area contributed by atoms with Gasteiger partial charge in [0.05, 0.1) is 19.3 Å². The molecule has 3 fully saturated rings. The van der Waals surface area contributed by atoms with Crippen LogP contribution in [0.2, 0.25) is 0 Å². The SMILES string of the molecule is CCC1CNCC2(CCCCCCCCC2)C1CNC(=O)c1cccc(NCc2nnc(-c3ccncn3)n2CCOC2CCCNC2)c1. The Bertz CT molecular complexity index is 1430. The molecule has 0 radical (unpaired) electrons. The molecule has 3 atom stereocenters. The molecule has 1 aliphatic carbocycles. The summed E-state index contributed by atoms with van der Waals surface area (Å²) < 4.78 is 8.28. The van der Waals surface area contributed by atoms with Crippen molar-refractivity contribution < 1.29 is 9.53 Å². The summed E-state index contributed by atoms with van der Waals surface area (Å²) in [4.78, 5) is 22.1. The van der Waals surface area contributed by atoms with E-state index in [0.29, 0.717) is 42.9 Å². The van der Waals surface area contributed by atoms with E-state index in [-0.39, 0.29) is 17.4 Å². The van der Waals surface area contributed by atoms with Crippen LogP contribution in [0, 0.1) is 17.3 Å². The number of benzene rings is 1. The number of hydrogen-bond donors (Lipinski definition) is 4. The second-order valence-electron chi connectivity index (χ2n) is 14.4. The number of rotatable bonds is 12. The van der Waals surface area contributed by atoms with Gasteiger partial charge >= 0.3 is 0 Å². The van der Waals surface area contributed by atoms with E-state index in [0.717, 1.165) is 69.2 Å². The first-order valence-electron chi connectivity index (χ1n) is 19.0. The van der Waals surface area contributed by atoms with E-state index in [1.165, 1.54) is 64.1 Å². The molecule has 1 amide bonds. The highest BCUT2D eigenvalue weighted by Gasteiger charge is 2.44. The largest absolute Gasteiger partial charge is 0.378 e. The molecule has 0 bridgehead atoms. The summed E-state index contributed by atoms with van der Waals surface area (Å²) in [6, 6.07) is 9.64. The lowest BCUT2D eigenvalue weighted by molar-refractivity contribution is 0.0312. The Morgan fingerprint density at radius 2 is 1.86 bits per heavy atom. The Balaban J connectivity index is 1.10. The molecule has 1 spiro atoms. The molecule has 1 saturated carbocycles. The van der Waals surface area contributed by atoms with Crippen molar-refractivity contribution in [3.8, 4) is 11.5 Å². The van der Waals surface area contributed by atoms with Crippen LogP contribution >= 0.6 is 0 Å². The van der Waals surface area contributed by atoms with Gasteiger partial charge in [-0.3, -0.25) is 4.79 Å². The lowest BCUT2D eigenvalue weighted by Crippen LogP contribution is -2.55. The van der Waals surface area contributed by atoms with Crippen molar-refractivity contribution in [1.82, 2.24) is 40.7 Å². The zero-order valence-corrected chi connectivity index (χ0v) is 29.5. The lowest BCUT2D eigenvalue weighted by atomic mass is 9.61. The zero-order valence-electron chi connectivity index (χ0n) is 29.5. The summed E-state index contributed by atoms with van der Waals surface area (Å²) in [5.41, 5.74) is 2.53. The van der Waals surface area contributed by atoms with Gasteiger partial charge in [0.15, 0.2) is 11.6 Å². The Kier molecular flexibility index (Phi) is 13.0. The first-order valence-corrected chi connectivity index (χ1v) is 19.0. The van der Waals surface area contributed by atoms with Gasteiger partial charge in [-0.2, -0.15) is 0 Å². The number of nitrogens with zero attached hydrogens (tertiary/aromatic N) is 5. The van der Waals surface area contributed by atoms with Crippen LogP contribution in [-0.2, 0) is 17.8 Å². The smallest absolute Gasteiger partial charge is 0.251 e. The summed E-state index contributed by atoms with van der Waals surface area (Å²) in [6.45, 7) is 8.74. The normalized spacial score (nSPS) is 23.2. The quantitative estimate of drug-likeness (QED) is 0.194. The van der Waals surface area contributed by atoms with Crippen molar-refractivity contribution in [2.45, 2.75) is 103 Å². The molecular weight excluding hydrogens is 614 g/mol. The fourth-order valence-electron chi connectivity index (χ4n) is 8.44. The van der Waals surface area contributed by atoms with Crippen molar-refractivity contribution in [1.29, 1.82) is 0 Å². The minimum absolute atomic E-state index is 0.00406. The van der Waals surface area contributed by atoms with Crippen LogP contribution in [0.25, 0.3) is 11.5 Å². The molecule has 2 aromatic heterocycles. The van der Waals surface area contributed by atoms with Crippen LogP contribution in [0.5, 0.6) is 0 Å². The molecule has 3 unspecified atom stereocenters. The van der Waals surface area contributed by atoms with Gasteiger partial charge in [-0.05, 0) is 80.3 Å². The second kappa shape index (κ2) is 18.0. The Labute approximate surface area is 292 Å². The molecular formula is C38H57N9O2. The summed E-state index contributed by atoms with van der Waals surface area (Å²) in [5.74, 6) is 2.54. The van der Waals surface area contributed by atoms with Gasteiger partial charge in [0.1, 0.15) is 12.0 Å². The maximum absolute atomic E-state index is 13.7. The highest BCUT2D eigenvalue weighted by atomic mass is 16.5. The molecule has 11 heteroatoms. The van der Waals surface area contributed by atoms with Crippen LogP contribution < -0.4 is 21.3 Å². The summed E-state index contributed by atoms with van der Waals surface area (Å²) in [6.07, 6.45) is 18.7. The molecule has 49 heavy (non-hydrogen) atoms. The number of hydrogen-bond acceptors (Lipinski definition) is 9. The fourth-order valence-corrected chi connectivity index (χ4v) is 8.44.